The number of methoxy groups -OCH3 is 1. The molecule has 8 nitrogen and oxygen atoms in total. The Kier molecular flexibility index (Phi) is 6.13. The Balaban J connectivity index is 1.59. The lowest BCUT2D eigenvalue weighted by atomic mass is 9.71. The minimum Gasteiger partial charge on any atom is -0.507 e. The number of allylic oxidation sites excluding steroid dienone is 3. The first-order chi connectivity index (χ1) is 18.5. The highest BCUT2D eigenvalue weighted by atomic mass is 19.3. The number of phenols is 1. The Labute approximate surface area is 221 Å². The van der Waals surface area contributed by atoms with Crippen LogP contribution in [0.2, 0.25) is 0 Å². The highest BCUT2D eigenvalue weighted by Crippen LogP contribution is 2.56. The highest BCUT2D eigenvalue weighted by Gasteiger charge is 2.55. The third kappa shape index (κ3) is 3.82. The highest BCUT2D eigenvalue weighted by molar-refractivity contribution is 6.25. The average molecular weight is 535 g/mol. The molecule has 1 aliphatic carbocycles. The average Bonchev–Trinajstić information content (AvgIpc) is 3.19. The van der Waals surface area contributed by atoms with Crippen molar-refractivity contribution >= 4 is 28.2 Å². The third-order valence-electron chi connectivity index (χ3n) is 7.17. The maximum absolute atomic E-state index is 13.8. The Morgan fingerprint density at radius 1 is 1.15 bits per heavy atom. The molecule has 1 atom stereocenters. The van der Waals surface area contributed by atoms with E-state index in [1.807, 2.05) is 0 Å². The minimum atomic E-state index is -2.78. The number of Topliss-reactive ketones (excluding diaryl/α,β-unsaturated/α-hetero) is 2. The van der Waals surface area contributed by atoms with Crippen LogP contribution in [0.3, 0.4) is 0 Å². The van der Waals surface area contributed by atoms with E-state index in [0.717, 1.165) is 19.1 Å². The van der Waals surface area contributed by atoms with Gasteiger partial charge in [0, 0.05) is 24.3 Å². The number of hydrogen-bond donors (Lipinski definition) is 3. The monoisotopic (exact) mass is 535 g/mol. The van der Waals surface area contributed by atoms with Gasteiger partial charge in [-0.3, -0.25) is 14.4 Å². The molecule has 10 heteroatoms. The molecule has 1 heterocycles. The van der Waals surface area contributed by atoms with Gasteiger partial charge in [0.2, 0.25) is 0 Å². The largest absolute Gasteiger partial charge is 0.507 e. The summed E-state index contributed by atoms with van der Waals surface area (Å²) in [5.41, 5.74) is -2.47. The molecule has 0 spiro atoms. The summed E-state index contributed by atoms with van der Waals surface area (Å²) in [6.45, 7) is 2.26. The van der Waals surface area contributed by atoms with Gasteiger partial charge in [-0.25, -0.2) is 8.78 Å². The van der Waals surface area contributed by atoms with Crippen LogP contribution in [0.4, 0.5) is 8.78 Å². The fraction of sp³-hybridized carbons (Fsp3) is 0.207. The minimum absolute atomic E-state index is 0.0885. The number of amides is 1. The van der Waals surface area contributed by atoms with E-state index in [9.17, 15) is 33.4 Å². The van der Waals surface area contributed by atoms with Crippen LogP contribution in [0, 0.1) is 0 Å². The van der Waals surface area contributed by atoms with Crippen LogP contribution in [-0.4, -0.2) is 34.8 Å². The van der Waals surface area contributed by atoms with Crippen molar-refractivity contribution in [1.29, 1.82) is 0 Å². The first kappa shape index (κ1) is 25.9. The van der Waals surface area contributed by atoms with Crippen LogP contribution in [0.5, 0.6) is 17.2 Å². The summed E-state index contributed by atoms with van der Waals surface area (Å²) in [7, 11) is 1.26. The zero-order valence-corrected chi connectivity index (χ0v) is 21.1. The molecule has 2 aliphatic rings. The lowest BCUT2D eigenvalue weighted by Crippen LogP contribution is -2.38. The first-order valence-electron chi connectivity index (χ1n) is 11.9. The molecule has 0 saturated carbocycles. The molecule has 0 bridgehead atoms. The van der Waals surface area contributed by atoms with Crippen LogP contribution in [0.15, 0.2) is 65.6 Å². The molecular weight excluding hydrogens is 512 g/mol. The van der Waals surface area contributed by atoms with Gasteiger partial charge in [0.25, 0.3) is 12.3 Å². The number of alkyl halides is 2. The number of halogens is 2. The van der Waals surface area contributed by atoms with E-state index in [1.54, 1.807) is 30.3 Å². The number of ketones is 2. The second-order valence-electron chi connectivity index (χ2n) is 9.40. The molecule has 0 aromatic heterocycles. The molecular formula is C29H23F2NO7. The number of carbonyl (C=O) groups is 3. The van der Waals surface area contributed by atoms with Gasteiger partial charge in [-0.1, -0.05) is 36.4 Å². The number of phenolic OH excluding ortho intramolecular Hbond substituents is 1. The van der Waals surface area contributed by atoms with Crippen molar-refractivity contribution in [3.63, 3.8) is 0 Å². The van der Waals surface area contributed by atoms with E-state index in [2.05, 4.69) is 5.32 Å². The number of aliphatic hydroxyl groups excluding tert-OH is 1. The van der Waals surface area contributed by atoms with Crippen molar-refractivity contribution in [3.05, 3.63) is 87.9 Å². The van der Waals surface area contributed by atoms with Crippen LogP contribution in [-0.2, 0) is 21.5 Å². The van der Waals surface area contributed by atoms with E-state index in [1.165, 1.54) is 20.1 Å². The molecule has 0 fully saturated rings. The number of nitrogens with one attached hydrogen (secondary N) is 1. The van der Waals surface area contributed by atoms with Crippen molar-refractivity contribution in [3.8, 4) is 17.2 Å². The number of ether oxygens (including phenoxy) is 2. The summed E-state index contributed by atoms with van der Waals surface area (Å²) in [5.74, 6) is -3.72. The molecule has 3 aromatic rings. The number of hydrogen-bond acceptors (Lipinski definition) is 7. The smallest absolute Gasteiger partial charge is 0.264 e. The third-order valence-corrected chi connectivity index (χ3v) is 7.17. The zero-order chi connectivity index (χ0) is 28.2. The molecule has 1 aliphatic heterocycles. The van der Waals surface area contributed by atoms with Crippen molar-refractivity contribution in [2.24, 2.45) is 0 Å². The van der Waals surface area contributed by atoms with Crippen molar-refractivity contribution in [2.45, 2.75) is 32.2 Å². The Hall–Kier alpha value is -4.73. The molecule has 0 radical (unpaired) electrons. The predicted molar refractivity (Wildman–Crippen MR) is 136 cm³/mol. The van der Waals surface area contributed by atoms with Gasteiger partial charge in [-0.15, -0.1) is 0 Å². The van der Waals surface area contributed by atoms with Gasteiger partial charge in [0.15, 0.2) is 17.3 Å². The summed E-state index contributed by atoms with van der Waals surface area (Å²) in [6.07, 6.45) is -1.69. The van der Waals surface area contributed by atoms with Gasteiger partial charge < -0.3 is 25.0 Å². The fourth-order valence-corrected chi connectivity index (χ4v) is 5.23. The van der Waals surface area contributed by atoms with Crippen LogP contribution in [0.25, 0.3) is 10.8 Å². The number of benzene rings is 3. The summed E-state index contributed by atoms with van der Waals surface area (Å²) in [5, 5.41) is 25.1. The van der Waals surface area contributed by atoms with Crippen LogP contribution in [0.1, 0.15) is 47.3 Å². The van der Waals surface area contributed by atoms with E-state index >= 15 is 0 Å². The van der Waals surface area contributed by atoms with E-state index in [4.69, 9.17) is 9.47 Å². The predicted octanol–water partition coefficient (Wildman–Crippen LogP) is 4.94. The Bertz CT molecular complexity index is 1660. The van der Waals surface area contributed by atoms with Gasteiger partial charge in [-0.05, 0) is 30.2 Å². The lowest BCUT2D eigenvalue weighted by molar-refractivity contribution is -0.123. The molecule has 3 aromatic carbocycles. The SMILES string of the molecule is COc1cc(O)c2c(c1C(=O)NCc1c(C(F)F)ccc3ccccc13)OC1=CC(O)=C(C(C)=O)C(=O)[C@]12C. The Morgan fingerprint density at radius 3 is 2.54 bits per heavy atom. The maximum atomic E-state index is 13.8. The standard InChI is InChI=1S/C29H23F2NO7/c1-13(33)22-18(34)11-21-29(2,26(22)36)24-19(35)10-20(38-3)23(25(24)39-21)28(37)32-12-17-15-7-5-4-6-14(15)8-9-16(17)27(30)31/h4-11,27,34-35H,12H2,1-3H3,(H,32,37)/t29-/m1/s1. The van der Waals surface area contributed by atoms with E-state index < -0.39 is 46.4 Å². The molecule has 39 heavy (non-hydrogen) atoms. The van der Waals surface area contributed by atoms with Crippen molar-refractivity contribution in [2.75, 3.05) is 7.11 Å². The lowest BCUT2D eigenvalue weighted by Gasteiger charge is -2.27. The molecule has 1 amide bonds. The molecule has 3 N–H and O–H groups in total. The molecule has 200 valence electrons. The normalized spacial score (nSPS) is 18.0. The van der Waals surface area contributed by atoms with Crippen molar-refractivity contribution < 1.29 is 42.9 Å². The quantitative estimate of drug-likeness (QED) is 0.382. The first-order valence-corrected chi connectivity index (χ1v) is 11.9. The number of aliphatic hydroxyl groups is 1. The topological polar surface area (TPSA) is 122 Å². The van der Waals surface area contributed by atoms with E-state index in [-0.39, 0.29) is 46.1 Å². The number of rotatable bonds is 6. The zero-order valence-electron chi connectivity index (χ0n) is 21.1. The van der Waals surface area contributed by atoms with Gasteiger partial charge in [0.05, 0.1) is 12.7 Å². The molecule has 0 unspecified atom stereocenters. The molecule has 5 rings (SSSR count). The summed E-state index contributed by atoms with van der Waals surface area (Å²) in [6, 6.07) is 11.0. The number of aromatic hydroxyl groups is 1. The molecule has 0 saturated heterocycles. The number of fused-ring (bicyclic) bond motifs is 4. The van der Waals surface area contributed by atoms with Gasteiger partial charge in [-0.2, -0.15) is 0 Å². The maximum Gasteiger partial charge on any atom is 0.264 e. The van der Waals surface area contributed by atoms with E-state index in [0.29, 0.717) is 10.8 Å². The summed E-state index contributed by atoms with van der Waals surface area (Å²) in [4.78, 5) is 39.1. The van der Waals surface area contributed by atoms with Crippen LogP contribution >= 0.6 is 0 Å². The van der Waals surface area contributed by atoms with Crippen molar-refractivity contribution in [1.82, 2.24) is 5.32 Å². The summed E-state index contributed by atoms with van der Waals surface area (Å²) >= 11 is 0. The second-order valence-corrected chi connectivity index (χ2v) is 9.40. The second kappa shape index (κ2) is 9.23. The fourth-order valence-electron chi connectivity index (χ4n) is 5.23. The summed E-state index contributed by atoms with van der Waals surface area (Å²) < 4.78 is 38.9. The Morgan fingerprint density at radius 2 is 1.87 bits per heavy atom. The van der Waals surface area contributed by atoms with Gasteiger partial charge in [0.1, 0.15) is 39.6 Å². The number of carbonyl (C=O) groups excluding carboxylic acids is 3. The van der Waals surface area contributed by atoms with Gasteiger partial charge >= 0.3 is 0 Å². The van der Waals surface area contributed by atoms with Crippen LogP contribution < -0.4 is 14.8 Å².